The second kappa shape index (κ2) is 7.84. The number of nitrogens with two attached hydrogens (primary N) is 1. The van der Waals surface area contributed by atoms with Crippen LogP contribution in [0.3, 0.4) is 0 Å². The molecule has 2 rings (SSSR count). The number of nitrogens with one attached hydrogen (secondary N) is 1. The van der Waals surface area contributed by atoms with Crippen LogP contribution in [0.4, 0.5) is 5.69 Å². The predicted octanol–water partition coefficient (Wildman–Crippen LogP) is 2.07. The molecule has 0 saturated heterocycles. The van der Waals surface area contributed by atoms with Gasteiger partial charge in [-0.3, -0.25) is 9.59 Å². The van der Waals surface area contributed by atoms with Gasteiger partial charge in [0.05, 0.1) is 24.3 Å². The lowest BCUT2D eigenvalue weighted by Crippen LogP contribution is -2.31. The summed E-state index contributed by atoms with van der Waals surface area (Å²) in [4.78, 5) is 23.8. The molecular formula is C18H17N3O4. The van der Waals surface area contributed by atoms with Gasteiger partial charge in [-0.05, 0) is 37.3 Å². The normalized spacial score (nSPS) is 11.1. The molecule has 0 heterocycles. The quantitative estimate of drug-likeness (QED) is 0.836. The highest BCUT2D eigenvalue weighted by molar-refractivity contribution is 5.97. The maximum Gasteiger partial charge on any atom is 0.265 e. The van der Waals surface area contributed by atoms with Crippen LogP contribution in [-0.2, 0) is 4.79 Å². The van der Waals surface area contributed by atoms with Crippen molar-refractivity contribution in [3.8, 4) is 17.6 Å². The first-order chi connectivity index (χ1) is 11.9. The SMILES string of the molecule is COc1ccc(C(N)=O)c(OC(C)C(=O)Nc2cccc(C#N)c2)c1. The molecule has 128 valence electrons. The van der Waals surface area contributed by atoms with Gasteiger partial charge in [-0.25, -0.2) is 0 Å². The van der Waals surface area contributed by atoms with Crippen LogP contribution in [0, 0.1) is 11.3 Å². The number of hydrogen-bond acceptors (Lipinski definition) is 5. The standard InChI is InChI=1S/C18H17N3O4/c1-11(18(23)21-13-5-3-4-12(8-13)10-19)25-16-9-14(24-2)6-7-15(16)17(20)22/h3-9,11H,1-2H3,(H2,20,22)(H,21,23). The third-order valence-electron chi connectivity index (χ3n) is 3.39. The topological polar surface area (TPSA) is 114 Å². The van der Waals surface area contributed by atoms with Crippen molar-refractivity contribution in [1.29, 1.82) is 5.26 Å². The van der Waals surface area contributed by atoms with Gasteiger partial charge in [0.15, 0.2) is 6.10 Å². The van der Waals surface area contributed by atoms with Crippen molar-refractivity contribution in [2.24, 2.45) is 5.73 Å². The summed E-state index contributed by atoms with van der Waals surface area (Å²) >= 11 is 0. The molecule has 0 aliphatic rings. The minimum absolute atomic E-state index is 0.145. The molecule has 7 heteroatoms. The van der Waals surface area contributed by atoms with Crippen LogP contribution in [0.5, 0.6) is 11.5 Å². The van der Waals surface area contributed by atoms with E-state index in [9.17, 15) is 9.59 Å². The van der Waals surface area contributed by atoms with Crippen LogP contribution in [0.15, 0.2) is 42.5 Å². The zero-order chi connectivity index (χ0) is 18.4. The molecule has 2 aromatic rings. The Morgan fingerprint density at radius 3 is 2.64 bits per heavy atom. The molecule has 0 aliphatic heterocycles. The molecule has 2 aromatic carbocycles. The first-order valence-corrected chi connectivity index (χ1v) is 7.40. The summed E-state index contributed by atoms with van der Waals surface area (Å²) < 4.78 is 10.7. The summed E-state index contributed by atoms with van der Waals surface area (Å²) in [6, 6.07) is 13.0. The van der Waals surface area contributed by atoms with Crippen LogP contribution in [0.2, 0.25) is 0 Å². The maximum atomic E-state index is 12.3. The minimum atomic E-state index is -0.907. The van der Waals surface area contributed by atoms with E-state index in [4.69, 9.17) is 20.5 Å². The van der Waals surface area contributed by atoms with E-state index in [0.717, 1.165) is 0 Å². The number of anilines is 1. The number of primary amides is 1. The molecule has 1 unspecified atom stereocenters. The van der Waals surface area contributed by atoms with Crippen molar-refractivity contribution < 1.29 is 19.1 Å². The molecule has 0 aromatic heterocycles. The van der Waals surface area contributed by atoms with Crippen molar-refractivity contribution in [3.05, 3.63) is 53.6 Å². The largest absolute Gasteiger partial charge is 0.497 e. The fourth-order valence-electron chi connectivity index (χ4n) is 2.09. The molecule has 7 nitrogen and oxygen atoms in total. The highest BCUT2D eigenvalue weighted by atomic mass is 16.5. The Hall–Kier alpha value is -3.53. The van der Waals surface area contributed by atoms with Crippen molar-refractivity contribution in [3.63, 3.8) is 0 Å². The van der Waals surface area contributed by atoms with Gasteiger partial charge in [0.25, 0.3) is 11.8 Å². The number of hydrogen-bond donors (Lipinski definition) is 2. The first-order valence-electron chi connectivity index (χ1n) is 7.40. The highest BCUT2D eigenvalue weighted by Gasteiger charge is 2.19. The van der Waals surface area contributed by atoms with Gasteiger partial charge in [0, 0.05) is 11.8 Å². The number of methoxy groups -OCH3 is 1. The van der Waals surface area contributed by atoms with Gasteiger partial charge in [0.2, 0.25) is 0 Å². The number of ether oxygens (including phenoxy) is 2. The zero-order valence-electron chi connectivity index (χ0n) is 13.8. The van der Waals surface area contributed by atoms with E-state index in [-0.39, 0.29) is 11.3 Å². The average molecular weight is 339 g/mol. The lowest BCUT2D eigenvalue weighted by Gasteiger charge is -2.17. The van der Waals surface area contributed by atoms with Crippen molar-refractivity contribution in [2.75, 3.05) is 12.4 Å². The van der Waals surface area contributed by atoms with Crippen molar-refractivity contribution in [2.45, 2.75) is 13.0 Å². The molecule has 1 atom stereocenters. The molecule has 0 radical (unpaired) electrons. The van der Waals surface area contributed by atoms with Gasteiger partial charge >= 0.3 is 0 Å². The Balaban J connectivity index is 2.15. The Morgan fingerprint density at radius 2 is 2.00 bits per heavy atom. The Kier molecular flexibility index (Phi) is 5.58. The number of rotatable bonds is 6. The maximum absolute atomic E-state index is 12.3. The van der Waals surface area contributed by atoms with Gasteiger partial charge in [-0.2, -0.15) is 5.26 Å². The fourth-order valence-corrected chi connectivity index (χ4v) is 2.09. The van der Waals surface area contributed by atoms with Gasteiger partial charge in [-0.15, -0.1) is 0 Å². The summed E-state index contributed by atoms with van der Waals surface area (Å²) in [6.45, 7) is 1.54. The smallest absolute Gasteiger partial charge is 0.265 e. The molecule has 0 fully saturated rings. The molecule has 0 bridgehead atoms. The van der Waals surface area contributed by atoms with E-state index >= 15 is 0 Å². The molecule has 3 N–H and O–H groups in total. The third kappa shape index (κ3) is 4.48. The number of nitrogens with zero attached hydrogens (tertiary/aromatic N) is 1. The van der Waals surface area contributed by atoms with Crippen LogP contribution in [0.1, 0.15) is 22.8 Å². The minimum Gasteiger partial charge on any atom is -0.497 e. The lowest BCUT2D eigenvalue weighted by molar-refractivity contribution is -0.122. The molecule has 2 amide bonds. The molecule has 25 heavy (non-hydrogen) atoms. The van der Waals surface area contributed by atoms with E-state index in [1.165, 1.54) is 26.2 Å². The summed E-state index contributed by atoms with van der Waals surface area (Å²) in [7, 11) is 1.47. The second-order valence-electron chi connectivity index (χ2n) is 5.17. The summed E-state index contributed by atoms with van der Waals surface area (Å²) in [5.74, 6) is -0.491. The van der Waals surface area contributed by atoms with Crippen molar-refractivity contribution >= 4 is 17.5 Å². The molecule has 0 saturated carbocycles. The Labute approximate surface area is 145 Å². The van der Waals surface area contributed by atoms with E-state index in [0.29, 0.717) is 17.0 Å². The van der Waals surface area contributed by atoms with E-state index in [2.05, 4.69) is 5.32 Å². The number of nitriles is 1. The summed E-state index contributed by atoms with van der Waals surface area (Å²) in [5.41, 5.74) is 6.37. The van der Waals surface area contributed by atoms with E-state index < -0.39 is 17.9 Å². The van der Waals surface area contributed by atoms with Crippen LogP contribution < -0.4 is 20.5 Å². The summed E-state index contributed by atoms with van der Waals surface area (Å²) in [6.07, 6.45) is -0.907. The van der Waals surface area contributed by atoms with Gasteiger partial charge in [0.1, 0.15) is 11.5 Å². The van der Waals surface area contributed by atoms with E-state index in [1.54, 1.807) is 30.3 Å². The number of benzene rings is 2. The Morgan fingerprint density at radius 1 is 1.24 bits per heavy atom. The lowest BCUT2D eigenvalue weighted by atomic mass is 10.1. The average Bonchev–Trinajstić information content (AvgIpc) is 2.61. The number of carbonyl (C=O) groups excluding carboxylic acids is 2. The van der Waals surface area contributed by atoms with Gasteiger partial charge < -0.3 is 20.5 Å². The number of amides is 2. The monoisotopic (exact) mass is 339 g/mol. The van der Waals surface area contributed by atoms with E-state index in [1.807, 2.05) is 6.07 Å². The molecule has 0 spiro atoms. The molecular weight excluding hydrogens is 322 g/mol. The predicted molar refractivity (Wildman–Crippen MR) is 91.4 cm³/mol. The molecule has 0 aliphatic carbocycles. The highest BCUT2D eigenvalue weighted by Crippen LogP contribution is 2.25. The third-order valence-corrected chi connectivity index (χ3v) is 3.39. The van der Waals surface area contributed by atoms with Crippen LogP contribution in [0.25, 0.3) is 0 Å². The van der Waals surface area contributed by atoms with Crippen molar-refractivity contribution in [1.82, 2.24) is 0 Å². The Bertz CT molecular complexity index is 842. The number of carbonyl (C=O) groups is 2. The van der Waals surface area contributed by atoms with Crippen LogP contribution in [-0.4, -0.2) is 25.0 Å². The van der Waals surface area contributed by atoms with Crippen LogP contribution >= 0.6 is 0 Å². The second-order valence-corrected chi connectivity index (χ2v) is 5.17. The first kappa shape index (κ1) is 17.8. The zero-order valence-corrected chi connectivity index (χ0v) is 13.8. The summed E-state index contributed by atoms with van der Waals surface area (Å²) in [5, 5.41) is 11.5. The fraction of sp³-hybridized carbons (Fsp3) is 0.167. The van der Waals surface area contributed by atoms with Gasteiger partial charge in [-0.1, -0.05) is 6.07 Å².